The molecule has 12 atom stereocenters. The lowest BCUT2D eigenvalue weighted by Crippen LogP contribution is -2.54. The number of urea groups is 1. The van der Waals surface area contributed by atoms with Crippen LogP contribution in [0.3, 0.4) is 0 Å². The van der Waals surface area contributed by atoms with Gasteiger partial charge in [-0.05, 0) is 55.7 Å². The van der Waals surface area contributed by atoms with E-state index in [2.05, 4.69) is 56.5 Å². The van der Waals surface area contributed by atoms with Crippen LogP contribution in [0.25, 0.3) is 22.3 Å². The summed E-state index contributed by atoms with van der Waals surface area (Å²) in [7, 11) is -10.5. The molecule has 0 spiro atoms. The zero-order valence-electron chi connectivity index (χ0n) is 48.2. The number of anilines is 3. The highest BCUT2D eigenvalue weighted by molar-refractivity contribution is 7.47. The normalized spacial score (nSPS) is 25.9. The van der Waals surface area contributed by atoms with Gasteiger partial charge in [-0.15, -0.1) is 0 Å². The summed E-state index contributed by atoms with van der Waals surface area (Å²) in [6, 6.07) is 3.12. The van der Waals surface area contributed by atoms with Crippen molar-refractivity contribution in [2.45, 2.75) is 120 Å². The fourth-order valence-corrected chi connectivity index (χ4v) is 12.3. The van der Waals surface area contributed by atoms with Crippen LogP contribution in [0.15, 0.2) is 60.2 Å². The van der Waals surface area contributed by atoms with Crippen LogP contribution in [0.5, 0.6) is 0 Å². The smallest absolute Gasteiger partial charge is 0.445 e. The number of nitrogens with one attached hydrogen (secondary N) is 6. The predicted molar refractivity (Wildman–Crippen MR) is 309 cm³/mol. The van der Waals surface area contributed by atoms with E-state index in [0.29, 0.717) is 24.8 Å². The topological polar surface area (TPSA) is 528 Å². The number of nitrogen functional groups attached to an aromatic ring is 2. The number of imidazole rings is 2. The first kappa shape index (κ1) is 66.1. The number of rotatable bonds is 23. The number of carbonyl (C=O) groups is 7. The van der Waals surface area contributed by atoms with Crippen LogP contribution in [0, 0.1) is 11.8 Å². The first-order valence-corrected chi connectivity index (χ1v) is 31.3. The van der Waals surface area contributed by atoms with Gasteiger partial charge in [0.25, 0.3) is 17.4 Å². The Kier molecular flexibility index (Phi) is 21.0. The monoisotopic (exact) mass is 1300 g/mol. The Morgan fingerprint density at radius 2 is 1.46 bits per heavy atom. The van der Waals surface area contributed by atoms with Crippen molar-refractivity contribution in [2.24, 2.45) is 17.6 Å². The van der Waals surface area contributed by atoms with Crippen LogP contribution < -0.4 is 49.3 Å². The van der Waals surface area contributed by atoms with Crippen molar-refractivity contribution < 1.29 is 89.9 Å². The maximum Gasteiger partial charge on any atom is 0.472 e. The van der Waals surface area contributed by atoms with Crippen molar-refractivity contribution >= 4 is 97.1 Å². The van der Waals surface area contributed by atoms with Gasteiger partial charge in [0.15, 0.2) is 35.1 Å². The lowest BCUT2D eigenvalue weighted by Gasteiger charge is -2.27. The second kappa shape index (κ2) is 28.6. The van der Waals surface area contributed by atoms with Gasteiger partial charge < -0.3 is 72.9 Å². The van der Waals surface area contributed by atoms with Crippen LogP contribution in [-0.2, 0) is 72.0 Å². The molecule has 1 aromatic carbocycles. The molecule has 2 bridgehead atoms. The van der Waals surface area contributed by atoms with Gasteiger partial charge in [0.05, 0.1) is 32.0 Å². The van der Waals surface area contributed by atoms with E-state index in [1.807, 2.05) is 0 Å². The van der Waals surface area contributed by atoms with Gasteiger partial charge in [-0.3, -0.25) is 65.9 Å². The Morgan fingerprint density at radius 3 is 2.16 bits per heavy atom. The summed E-state index contributed by atoms with van der Waals surface area (Å²) < 4.78 is 70.3. The van der Waals surface area contributed by atoms with E-state index in [0.717, 1.165) is 17.6 Å². The Balaban J connectivity index is 0.818. The van der Waals surface area contributed by atoms with E-state index in [1.54, 1.807) is 26.0 Å². The van der Waals surface area contributed by atoms with Gasteiger partial charge in [0.1, 0.15) is 55.0 Å². The van der Waals surface area contributed by atoms with E-state index in [4.69, 9.17) is 49.5 Å². The van der Waals surface area contributed by atoms with Gasteiger partial charge in [0, 0.05) is 49.8 Å². The molecule has 8 amide bonds. The minimum Gasteiger partial charge on any atom is -0.445 e. The molecule has 486 valence electrons. The number of nitrogens with zero attached hydrogens (tertiary/aromatic N) is 8. The molecule has 3 fully saturated rings. The molecule has 9 rings (SSSR count). The molecule has 4 aliphatic heterocycles. The summed E-state index contributed by atoms with van der Waals surface area (Å²) in [5, 5.41) is 24.7. The summed E-state index contributed by atoms with van der Waals surface area (Å²) in [6.07, 6.45) is -4.58. The zero-order valence-corrected chi connectivity index (χ0v) is 50.0. The lowest BCUT2D eigenvalue weighted by molar-refractivity contribution is -0.137. The van der Waals surface area contributed by atoms with Crippen molar-refractivity contribution in [1.82, 2.24) is 65.2 Å². The zero-order chi connectivity index (χ0) is 64.6. The van der Waals surface area contributed by atoms with Gasteiger partial charge in [-0.1, -0.05) is 32.4 Å². The summed E-state index contributed by atoms with van der Waals surface area (Å²) in [5.74, 6) is -4.37. The summed E-state index contributed by atoms with van der Waals surface area (Å²) in [4.78, 5) is 148. The number of aromatic nitrogens is 8. The molecule has 11 unspecified atom stereocenters. The van der Waals surface area contributed by atoms with Crippen molar-refractivity contribution in [3.8, 4) is 0 Å². The number of phosphoric acid groups is 2. The molecule has 90 heavy (non-hydrogen) atoms. The number of nitrogens with two attached hydrogens (primary N) is 3. The highest BCUT2D eigenvalue weighted by atomic mass is 31.2. The number of unbranched alkanes of at least 4 members (excludes halogenated alkanes) is 2. The lowest BCUT2D eigenvalue weighted by atomic mass is 9.94. The summed E-state index contributed by atoms with van der Waals surface area (Å²) in [6.45, 7) is 1.46. The van der Waals surface area contributed by atoms with E-state index in [-0.39, 0.29) is 91.7 Å². The molecule has 15 N–H and O–H groups in total. The Bertz CT molecular complexity index is 3660. The van der Waals surface area contributed by atoms with E-state index in [1.165, 1.54) is 39.7 Å². The third kappa shape index (κ3) is 16.2. The number of carbonyl (C=O) groups excluding carboxylic acids is 7. The van der Waals surface area contributed by atoms with Gasteiger partial charge in [-0.2, -0.15) is 4.98 Å². The summed E-state index contributed by atoms with van der Waals surface area (Å²) >= 11 is 0. The number of imide groups is 1. The van der Waals surface area contributed by atoms with Crippen molar-refractivity contribution in [3.63, 3.8) is 0 Å². The predicted octanol–water partition coefficient (Wildman–Crippen LogP) is -0.272. The van der Waals surface area contributed by atoms with E-state index in [9.17, 15) is 62.4 Å². The third-order valence-corrected chi connectivity index (χ3v) is 16.9. The van der Waals surface area contributed by atoms with E-state index < -0.39 is 143 Å². The molecular weight excluding hydrogens is 1230 g/mol. The number of benzene rings is 1. The molecular formula is C51H67N17O20P2. The largest absolute Gasteiger partial charge is 0.472 e. The number of alkyl carbamates (subject to hydrolysis) is 1. The number of primary amides is 1. The second-order valence-electron chi connectivity index (χ2n) is 21.5. The number of aliphatic hydroxyl groups is 1. The number of hydrogen-bond acceptors (Lipinski definition) is 25. The number of H-pyrrole nitrogens is 1. The summed E-state index contributed by atoms with van der Waals surface area (Å²) in [5.41, 5.74) is 16.9. The molecule has 4 aliphatic rings. The number of aromatic amines is 1. The van der Waals surface area contributed by atoms with Crippen LogP contribution >= 0.6 is 15.6 Å². The van der Waals surface area contributed by atoms with Crippen molar-refractivity contribution in [1.29, 1.82) is 0 Å². The molecule has 4 aromatic heterocycles. The molecule has 3 saturated heterocycles. The average Bonchev–Trinajstić information content (AvgIpc) is 1.78. The maximum atomic E-state index is 14.1. The quantitative estimate of drug-likeness (QED) is 0.0227. The maximum absolute atomic E-state index is 14.1. The minimum absolute atomic E-state index is 0.00690. The van der Waals surface area contributed by atoms with E-state index >= 15 is 0 Å². The molecule has 5 aromatic rings. The van der Waals surface area contributed by atoms with Gasteiger partial charge in [-0.25, -0.2) is 38.7 Å². The van der Waals surface area contributed by atoms with Crippen LogP contribution in [0.2, 0.25) is 0 Å². The highest BCUT2D eigenvalue weighted by Gasteiger charge is 2.54. The second-order valence-corrected chi connectivity index (χ2v) is 24.4. The van der Waals surface area contributed by atoms with Crippen LogP contribution in [-0.4, -0.2) is 176 Å². The highest BCUT2D eigenvalue weighted by Crippen LogP contribution is 2.55. The number of ether oxygens (including phenoxy) is 3. The fourth-order valence-electron chi connectivity index (χ4n) is 10.4. The van der Waals surface area contributed by atoms with Crippen molar-refractivity contribution in [2.75, 3.05) is 49.6 Å². The molecule has 8 heterocycles. The first-order valence-electron chi connectivity index (χ1n) is 28.3. The van der Waals surface area contributed by atoms with Gasteiger partial charge >= 0.3 is 27.8 Å². The number of hydrogen-bond donors (Lipinski definition) is 12. The van der Waals surface area contributed by atoms with Gasteiger partial charge in [0.2, 0.25) is 23.7 Å². The Labute approximate surface area is 509 Å². The number of fused-ring (bicyclic) bond motifs is 5. The standard InChI is InChI=1S/C51H67N17O20P2/c1-25(2)35(63-32(69)8-4-3-5-18-66-33(70)13-14-34(66)71)45(74)62-29(7-6-16-55-50(54)76)44(73)61-27-11-9-26(10-12-27)19-82-51(77)56-17-15-28-30-20-83-90(80,81)88-40-31(86-47(38(40)72)67-23-59-36-41(52)57-22-58-42(36)67)21-84-89(78,79)87-39(28)48(85-30)68-24-60-37-43(68)64-49(53)65-46(37)75/h9-14,22-25,28-31,35,38-40,47-48,72H,3-8,15-21H2,1-2H3,(H,56,77)(H,61,73)(H,62,74)(H,63,69)(H,78,79)(H,80,81)(H2,52,57,58)(H3,54,55,76)(H3,53,64,65,75)/t28?,29-,30?,31?,35?,38?,39?,40?,47?,48?/m0/s1. The molecule has 0 aliphatic carbocycles. The Hall–Kier alpha value is -8.35. The molecule has 0 radical (unpaired) electrons. The first-order chi connectivity index (χ1) is 42.8. The SMILES string of the molecule is CC(C)C(NC(=O)CCCCCN1C(=O)C=CC1=O)C(=O)N[C@@H](CCCNC(N)=O)C(=O)Nc1ccc(COC(=O)NCCC2C3COP(=O)(O)OC4C(COP(=O)(O)OC2C(n2cnc5c(=O)[nH]c(N)nc52)O3)OC(n2cnc3c(N)ncnc32)C4O)cc1. The number of phosphoric ester groups is 2. The molecule has 0 saturated carbocycles. The average molecular weight is 1300 g/mol. The number of aliphatic hydroxyl groups excluding tert-OH is 1. The third-order valence-electron chi connectivity index (χ3n) is 14.9. The van der Waals surface area contributed by atoms with Crippen LogP contribution in [0.1, 0.15) is 76.8 Å². The van der Waals surface area contributed by atoms with Crippen LogP contribution in [0.4, 0.5) is 27.0 Å². The Morgan fingerprint density at radius 1 is 0.789 bits per heavy atom. The van der Waals surface area contributed by atoms with Crippen molar-refractivity contribution in [3.05, 3.63) is 71.3 Å². The fraction of sp³-hybridized carbons (Fsp3) is 0.510. The number of amides is 8. The minimum atomic E-state index is -5.30. The molecule has 39 heteroatoms. The molecule has 37 nitrogen and oxygen atoms in total.